The van der Waals surface area contributed by atoms with Gasteiger partial charge in [0.15, 0.2) is 44.7 Å². The molecule has 1 N–H and O–H groups in total. The van der Waals surface area contributed by atoms with Gasteiger partial charge in [0.1, 0.15) is 36.6 Å². The molecule has 11 atom stereocenters. The number of fused-ring (bicyclic) bond motifs is 1. The Kier molecular flexibility index (Phi) is 18.5. The van der Waals surface area contributed by atoms with Crippen LogP contribution in [0.5, 0.6) is 0 Å². The molecule has 15 heteroatoms. The van der Waals surface area contributed by atoms with E-state index in [1.54, 1.807) is 13.8 Å². The number of hydrogen-bond donors (Lipinski definition) is 1. The minimum Gasteiger partial charge on any atom is -0.455 e. The molecule has 0 aromatic heterocycles. The Balaban J connectivity index is 1.42. The van der Waals surface area contributed by atoms with Gasteiger partial charge < -0.3 is 56.9 Å². The molecule has 0 spiro atoms. The maximum Gasteiger partial charge on any atom is 0.306 e. The number of hydrogen-bond acceptors (Lipinski definition) is 14. The van der Waals surface area contributed by atoms with E-state index < -0.39 is 99.5 Å². The highest BCUT2D eigenvalue weighted by Crippen LogP contribution is 2.43. The Morgan fingerprint density at radius 2 is 1.32 bits per heavy atom. The Hall–Kier alpha value is -2.02. The monoisotopic (exact) mass is 895 g/mol. The van der Waals surface area contributed by atoms with E-state index in [0.29, 0.717) is 12.8 Å². The Morgan fingerprint density at radius 3 is 1.92 bits per heavy atom. The fraction of sp³-hybridized carbons (Fsp3) is 0.830. The minimum atomic E-state index is -2.19. The van der Waals surface area contributed by atoms with Crippen LogP contribution in [0.4, 0.5) is 0 Å². The van der Waals surface area contributed by atoms with Crippen molar-refractivity contribution in [1.29, 1.82) is 0 Å². The van der Waals surface area contributed by atoms with Gasteiger partial charge in [0, 0.05) is 18.4 Å². The Bertz CT molecular complexity index is 1530. The number of carbonyl (C=O) groups excluding carboxylic acids is 2. The van der Waals surface area contributed by atoms with Crippen LogP contribution in [-0.4, -0.2) is 112 Å². The third-order valence-corrected chi connectivity index (χ3v) is 17.0. The van der Waals surface area contributed by atoms with E-state index in [1.807, 2.05) is 44.2 Å². The van der Waals surface area contributed by atoms with E-state index in [4.69, 9.17) is 51.8 Å². The zero-order valence-corrected chi connectivity index (χ0v) is 40.4. The van der Waals surface area contributed by atoms with Crippen molar-refractivity contribution in [2.75, 3.05) is 13.2 Å². The molecule has 0 aliphatic carbocycles. The van der Waals surface area contributed by atoms with Gasteiger partial charge in [-0.25, -0.2) is 0 Å². The summed E-state index contributed by atoms with van der Waals surface area (Å²) in [4.78, 5) is 27.4. The van der Waals surface area contributed by atoms with Crippen molar-refractivity contribution in [3.8, 4) is 0 Å². The lowest BCUT2D eigenvalue weighted by molar-refractivity contribution is -0.382. The normalized spacial score (nSPS) is 31.4. The van der Waals surface area contributed by atoms with Crippen LogP contribution in [0, 0.1) is 0 Å². The van der Waals surface area contributed by atoms with Crippen molar-refractivity contribution >= 4 is 20.3 Å². The van der Waals surface area contributed by atoms with Crippen LogP contribution in [0.2, 0.25) is 18.1 Å². The molecule has 354 valence electrons. The SMILES string of the molecule is CCCCCCCC(=O)O[C@@H]1[C@H](OC(=O)CCCCCCC)[C@H](OC(O)[C@H]2OC(C)(C)O[C@H]2[C@@H]2OC(C)(C)O[C@@H]2CO[Si](C)(C)C(C)(C)C)O[C@@H]2COC(c3ccccc3)O[C@@H]12. The summed E-state index contributed by atoms with van der Waals surface area (Å²) in [5.74, 6) is -3.11. The number of carbonyl (C=O) groups is 2. The predicted octanol–water partition coefficient (Wildman–Crippen LogP) is 8.77. The molecule has 4 aliphatic heterocycles. The summed E-state index contributed by atoms with van der Waals surface area (Å²) < 4.78 is 70.4. The van der Waals surface area contributed by atoms with Crippen molar-refractivity contribution in [2.45, 2.75) is 237 Å². The van der Waals surface area contributed by atoms with Crippen LogP contribution in [0.1, 0.15) is 151 Å². The first-order chi connectivity index (χ1) is 29.2. The van der Waals surface area contributed by atoms with Crippen LogP contribution in [-0.2, 0) is 61.4 Å². The van der Waals surface area contributed by atoms with Crippen LogP contribution >= 0.6 is 0 Å². The molecule has 14 nitrogen and oxygen atoms in total. The van der Waals surface area contributed by atoms with Crippen molar-refractivity contribution in [3.63, 3.8) is 0 Å². The highest BCUT2D eigenvalue weighted by molar-refractivity contribution is 6.74. The smallest absolute Gasteiger partial charge is 0.306 e. The molecule has 0 amide bonds. The molecule has 0 saturated carbocycles. The molecule has 4 fully saturated rings. The molecule has 4 heterocycles. The van der Waals surface area contributed by atoms with Gasteiger partial charge in [0.05, 0.1) is 13.2 Å². The number of aliphatic hydroxyl groups excluding tert-OH is 1. The largest absolute Gasteiger partial charge is 0.455 e. The van der Waals surface area contributed by atoms with Crippen LogP contribution in [0.15, 0.2) is 30.3 Å². The number of aliphatic hydroxyl groups is 1. The number of benzene rings is 1. The molecule has 0 radical (unpaired) electrons. The van der Waals surface area contributed by atoms with Gasteiger partial charge in [-0.15, -0.1) is 0 Å². The summed E-state index contributed by atoms with van der Waals surface area (Å²) in [7, 11) is -2.19. The summed E-state index contributed by atoms with van der Waals surface area (Å²) in [5, 5.41) is 12.1. The topological polar surface area (TPSA) is 156 Å². The van der Waals surface area contributed by atoms with Crippen molar-refractivity contribution in [1.82, 2.24) is 0 Å². The Labute approximate surface area is 371 Å². The molecule has 0 bridgehead atoms. The van der Waals surface area contributed by atoms with Gasteiger partial charge in [-0.1, -0.05) is 116 Å². The fourth-order valence-corrected chi connectivity index (χ4v) is 9.16. The lowest BCUT2D eigenvalue weighted by atomic mass is 9.96. The van der Waals surface area contributed by atoms with Gasteiger partial charge in [0.2, 0.25) is 6.29 Å². The number of ether oxygens (including phenoxy) is 10. The highest BCUT2D eigenvalue weighted by atomic mass is 28.4. The average molecular weight is 895 g/mol. The molecule has 4 saturated heterocycles. The van der Waals surface area contributed by atoms with E-state index in [-0.39, 0.29) is 31.1 Å². The second kappa shape index (κ2) is 22.4. The molecular weight excluding hydrogens is 817 g/mol. The predicted molar refractivity (Wildman–Crippen MR) is 233 cm³/mol. The first-order valence-corrected chi connectivity index (χ1v) is 26.2. The molecule has 1 aromatic rings. The van der Waals surface area contributed by atoms with Gasteiger partial charge in [-0.3, -0.25) is 9.59 Å². The summed E-state index contributed by atoms with van der Waals surface area (Å²) in [6.07, 6.45) is -1.76. The van der Waals surface area contributed by atoms with E-state index in [9.17, 15) is 14.7 Å². The third-order valence-electron chi connectivity index (χ3n) is 12.5. The van der Waals surface area contributed by atoms with Crippen LogP contribution in [0.3, 0.4) is 0 Å². The van der Waals surface area contributed by atoms with Gasteiger partial charge >= 0.3 is 11.9 Å². The number of esters is 2. The first-order valence-electron chi connectivity index (χ1n) is 23.3. The summed E-state index contributed by atoms with van der Waals surface area (Å²) in [5.41, 5.74) is 0.766. The zero-order chi connectivity index (χ0) is 45.3. The molecule has 1 aromatic carbocycles. The second-order valence-electron chi connectivity index (χ2n) is 19.8. The zero-order valence-electron chi connectivity index (χ0n) is 39.4. The van der Waals surface area contributed by atoms with Gasteiger partial charge in [-0.2, -0.15) is 0 Å². The maximum atomic E-state index is 13.7. The van der Waals surface area contributed by atoms with Crippen LogP contribution < -0.4 is 0 Å². The van der Waals surface area contributed by atoms with E-state index in [0.717, 1.165) is 56.9 Å². The van der Waals surface area contributed by atoms with E-state index in [1.165, 1.54) is 0 Å². The first kappa shape index (κ1) is 51.0. The summed E-state index contributed by atoms with van der Waals surface area (Å²) >= 11 is 0. The molecule has 5 rings (SSSR count). The van der Waals surface area contributed by atoms with Crippen molar-refractivity contribution < 1.29 is 66.5 Å². The van der Waals surface area contributed by atoms with Crippen LogP contribution in [0.25, 0.3) is 0 Å². The van der Waals surface area contributed by atoms with E-state index >= 15 is 0 Å². The maximum absolute atomic E-state index is 13.7. The van der Waals surface area contributed by atoms with Gasteiger partial charge in [0.25, 0.3) is 0 Å². The fourth-order valence-electron chi connectivity index (χ4n) is 8.15. The Morgan fingerprint density at radius 1 is 0.758 bits per heavy atom. The standard InChI is InChI=1S/C47H78O14Si/c1-12-14-16-18-23-27-34(48)54-38-36-32(29-51-43(56-36)31-25-21-20-22-26-31)53-44(41(38)55-35(49)28-24-19-17-15-13-2)57-42(50)40-39(60-47(8,9)61-40)37-33(58-46(6,7)59-37)30-52-62(10,11)45(3,4)5/h20-22,25-26,32-33,36-44,50H,12-19,23-24,27-30H2,1-11H3/t32-,33-,36-,37-,38+,39+,40+,41+,42?,43?,44+/m1/s1. The molecule has 2 unspecified atom stereocenters. The van der Waals surface area contributed by atoms with E-state index in [2.05, 4.69) is 47.7 Å². The lowest BCUT2D eigenvalue weighted by Crippen LogP contribution is -2.65. The minimum absolute atomic E-state index is 0.0370. The molecule has 4 aliphatic rings. The third kappa shape index (κ3) is 14.0. The number of unbranched alkanes of at least 4 members (excludes halogenated alkanes) is 8. The molecule has 62 heavy (non-hydrogen) atoms. The highest BCUT2D eigenvalue weighted by Gasteiger charge is 2.59. The molecular formula is C47H78O14Si. The second-order valence-corrected chi connectivity index (χ2v) is 24.6. The van der Waals surface area contributed by atoms with Crippen molar-refractivity contribution in [3.05, 3.63) is 35.9 Å². The summed E-state index contributed by atoms with van der Waals surface area (Å²) in [6, 6.07) is 9.44. The average Bonchev–Trinajstić information content (AvgIpc) is 3.71. The summed E-state index contributed by atoms with van der Waals surface area (Å²) in [6.45, 7) is 22.6. The quantitative estimate of drug-likeness (QED) is 0.0510. The van der Waals surface area contributed by atoms with Gasteiger partial charge in [-0.05, 0) is 58.7 Å². The van der Waals surface area contributed by atoms with Crippen molar-refractivity contribution in [2.24, 2.45) is 0 Å². The lowest BCUT2D eigenvalue weighted by Gasteiger charge is -2.48. The number of rotatable bonds is 22.